The second-order valence-electron chi connectivity index (χ2n) is 3.44. The minimum Gasteiger partial charge on any atom is -0.324 e. The Labute approximate surface area is 128 Å². The highest BCUT2D eigenvalue weighted by Crippen LogP contribution is 2.26. The molecule has 0 bridgehead atoms. The van der Waals surface area contributed by atoms with Crippen molar-refractivity contribution in [3.05, 3.63) is 33.8 Å². The molecule has 0 atom stereocenters. The summed E-state index contributed by atoms with van der Waals surface area (Å²) in [6.07, 6.45) is 0. The van der Waals surface area contributed by atoms with Crippen LogP contribution >= 0.6 is 34.8 Å². The van der Waals surface area contributed by atoms with E-state index >= 15 is 0 Å². The smallest absolute Gasteiger partial charge is 0.296 e. The molecular weight excluding hydrogens is 351 g/mol. The van der Waals surface area contributed by atoms with E-state index in [1.807, 2.05) is 0 Å². The summed E-state index contributed by atoms with van der Waals surface area (Å²) < 4.78 is 31.3. The molecule has 11 heteroatoms. The van der Waals surface area contributed by atoms with Crippen LogP contribution in [0.5, 0.6) is 0 Å². The zero-order valence-corrected chi connectivity index (χ0v) is 12.5. The van der Waals surface area contributed by atoms with Crippen molar-refractivity contribution in [2.45, 2.75) is 4.90 Å². The molecule has 0 unspecified atom stereocenters. The Morgan fingerprint density at radius 3 is 2.20 bits per heavy atom. The van der Waals surface area contributed by atoms with Gasteiger partial charge in [-0.25, -0.2) is 0 Å². The van der Waals surface area contributed by atoms with Crippen molar-refractivity contribution in [3.63, 3.8) is 0 Å². The van der Waals surface area contributed by atoms with E-state index in [0.29, 0.717) is 0 Å². The first-order chi connectivity index (χ1) is 9.25. The lowest BCUT2D eigenvalue weighted by Crippen LogP contribution is -2.03. The molecule has 1 aromatic heterocycles. The van der Waals surface area contributed by atoms with E-state index in [2.05, 4.69) is 20.3 Å². The van der Waals surface area contributed by atoms with Crippen molar-refractivity contribution in [2.24, 2.45) is 0 Å². The molecule has 0 saturated heterocycles. The number of aromatic nitrogens is 3. The minimum absolute atomic E-state index is 0.0126. The van der Waals surface area contributed by atoms with Gasteiger partial charge in [-0.1, -0.05) is 11.6 Å². The first-order valence-electron chi connectivity index (χ1n) is 4.87. The average Bonchev–Trinajstić information content (AvgIpc) is 2.29. The Morgan fingerprint density at radius 2 is 1.65 bits per heavy atom. The zero-order chi connectivity index (χ0) is 14.9. The summed E-state index contributed by atoms with van der Waals surface area (Å²) in [5.74, 6) is 0.0126. The van der Waals surface area contributed by atoms with Gasteiger partial charge in [0, 0.05) is 5.69 Å². The normalized spacial score (nSPS) is 11.4. The predicted molar refractivity (Wildman–Crippen MR) is 74.4 cm³/mol. The van der Waals surface area contributed by atoms with E-state index in [-0.39, 0.29) is 27.2 Å². The van der Waals surface area contributed by atoms with Crippen LogP contribution in [0, 0.1) is 0 Å². The van der Waals surface area contributed by atoms with E-state index in [9.17, 15) is 8.42 Å². The quantitative estimate of drug-likeness (QED) is 0.815. The Balaban J connectivity index is 2.40. The number of benzene rings is 1. The Hall–Kier alpha value is -1.19. The minimum atomic E-state index is -4.44. The third kappa shape index (κ3) is 3.68. The Morgan fingerprint density at radius 1 is 1.05 bits per heavy atom. The molecule has 2 aromatic rings. The van der Waals surface area contributed by atoms with Crippen molar-refractivity contribution >= 4 is 56.6 Å². The third-order valence-corrected chi connectivity index (χ3v) is 3.72. The van der Waals surface area contributed by atoms with E-state index in [4.69, 9.17) is 39.4 Å². The lowest BCUT2D eigenvalue weighted by atomic mass is 10.3. The van der Waals surface area contributed by atoms with Crippen LogP contribution in [0.25, 0.3) is 0 Å². The van der Waals surface area contributed by atoms with Crippen LogP contribution in [0.1, 0.15) is 0 Å². The van der Waals surface area contributed by atoms with Crippen LogP contribution in [0.15, 0.2) is 23.1 Å². The van der Waals surface area contributed by atoms with Gasteiger partial charge in [-0.05, 0) is 41.4 Å². The molecule has 1 aromatic carbocycles. The van der Waals surface area contributed by atoms with Gasteiger partial charge in [0.1, 0.15) is 4.90 Å². The summed E-state index contributed by atoms with van der Waals surface area (Å²) in [5, 5.41) is 2.28. The summed E-state index contributed by atoms with van der Waals surface area (Å²) >= 11 is 16.9. The van der Waals surface area contributed by atoms with Crippen LogP contribution < -0.4 is 5.32 Å². The second kappa shape index (κ2) is 5.66. The van der Waals surface area contributed by atoms with E-state index in [1.54, 1.807) is 0 Å². The van der Waals surface area contributed by atoms with Gasteiger partial charge in [0.25, 0.3) is 10.1 Å². The molecule has 0 spiro atoms. The summed E-state index contributed by atoms with van der Waals surface area (Å²) in [6.45, 7) is 0. The molecule has 0 fully saturated rings. The molecule has 2 rings (SSSR count). The standard InChI is InChI=1S/C9H5Cl3N4O3S/c10-5-2-1-4(3-6(5)20(17,18)19)13-9-15-7(11)14-8(12)16-9/h1-3H,(H,17,18,19)(H,13,14,15,16). The lowest BCUT2D eigenvalue weighted by Gasteiger charge is -2.07. The average molecular weight is 356 g/mol. The molecule has 106 valence electrons. The fourth-order valence-corrected chi connectivity index (χ4v) is 2.65. The monoisotopic (exact) mass is 354 g/mol. The SMILES string of the molecule is O=S(=O)(O)c1cc(Nc2nc(Cl)nc(Cl)n2)ccc1Cl. The molecule has 2 N–H and O–H groups in total. The molecule has 0 aliphatic rings. The number of halogens is 3. The van der Waals surface area contributed by atoms with E-state index in [1.165, 1.54) is 12.1 Å². The van der Waals surface area contributed by atoms with Crippen molar-refractivity contribution in [2.75, 3.05) is 5.32 Å². The molecule has 0 amide bonds. The lowest BCUT2D eigenvalue weighted by molar-refractivity contribution is 0.483. The molecule has 0 aliphatic carbocycles. The van der Waals surface area contributed by atoms with E-state index < -0.39 is 15.0 Å². The van der Waals surface area contributed by atoms with Crippen molar-refractivity contribution < 1.29 is 13.0 Å². The second-order valence-corrected chi connectivity index (χ2v) is 5.92. The highest BCUT2D eigenvalue weighted by atomic mass is 35.5. The topological polar surface area (TPSA) is 105 Å². The summed E-state index contributed by atoms with van der Waals surface area (Å²) in [6, 6.07) is 3.86. The first-order valence-corrected chi connectivity index (χ1v) is 7.44. The maximum atomic E-state index is 11.1. The van der Waals surface area contributed by atoms with Crippen LogP contribution in [0.3, 0.4) is 0 Å². The summed E-state index contributed by atoms with van der Waals surface area (Å²) in [5.41, 5.74) is 0.264. The van der Waals surface area contributed by atoms with Gasteiger partial charge in [-0.3, -0.25) is 4.55 Å². The third-order valence-electron chi connectivity index (χ3n) is 2.05. The number of nitrogens with one attached hydrogen (secondary N) is 1. The predicted octanol–water partition coefficient (Wildman–Crippen LogP) is 2.82. The molecule has 1 heterocycles. The van der Waals surface area contributed by atoms with Crippen molar-refractivity contribution in [3.8, 4) is 0 Å². The number of anilines is 2. The molecule has 7 nitrogen and oxygen atoms in total. The first kappa shape index (κ1) is 15.2. The number of hydrogen-bond donors (Lipinski definition) is 2. The van der Waals surface area contributed by atoms with Gasteiger partial charge >= 0.3 is 0 Å². The van der Waals surface area contributed by atoms with Gasteiger partial charge < -0.3 is 5.32 Å². The van der Waals surface area contributed by atoms with Gasteiger partial charge in [-0.15, -0.1) is 0 Å². The van der Waals surface area contributed by atoms with E-state index in [0.717, 1.165) is 6.07 Å². The van der Waals surface area contributed by atoms with Crippen LogP contribution in [-0.4, -0.2) is 27.9 Å². The van der Waals surface area contributed by atoms with Gasteiger partial charge in [0.2, 0.25) is 16.5 Å². The summed E-state index contributed by atoms with van der Waals surface area (Å²) in [7, 11) is -4.44. The Bertz CT molecular complexity index is 749. The van der Waals surface area contributed by atoms with Crippen molar-refractivity contribution in [1.82, 2.24) is 15.0 Å². The number of rotatable bonds is 3. The zero-order valence-electron chi connectivity index (χ0n) is 9.38. The maximum absolute atomic E-state index is 11.1. The van der Waals surface area contributed by atoms with Crippen LogP contribution in [-0.2, 0) is 10.1 Å². The molecular formula is C9H5Cl3N4O3S. The van der Waals surface area contributed by atoms with Crippen LogP contribution in [0.2, 0.25) is 15.6 Å². The Kier molecular flexibility index (Phi) is 4.31. The summed E-state index contributed by atoms with van der Waals surface area (Å²) in [4.78, 5) is 10.6. The molecule has 0 aliphatic heterocycles. The fraction of sp³-hybridized carbons (Fsp3) is 0. The number of hydrogen-bond acceptors (Lipinski definition) is 6. The van der Waals surface area contributed by atoms with Crippen molar-refractivity contribution in [1.29, 1.82) is 0 Å². The van der Waals surface area contributed by atoms with Gasteiger partial charge in [0.15, 0.2) is 0 Å². The van der Waals surface area contributed by atoms with Crippen LogP contribution in [0.4, 0.5) is 11.6 Å². The maximum Gasteiger partial charge on any atom is 0.296 e. The fourth-order valence-electron chi connectivity index (χ4n) is 1.29. The highest BCUT2D eigenvalue weighted by molar-refractivity contribution is 7.86. The highest BCUT2D eigenvalue weighted by Gasteiger charge is 2.15. The van der Waals surface area contributed by atoms with Gasteiger partial charge in [0.05, 0.1) is 5.02 Å². The molecule has 20 heavy (non-hydrogen) atoms. The molecule has 0 saturated carbocycles. The largest absolute Gasteiger partial charge is 0.324 e. The number of nitrogens with zero attached hydrogens (tertiary/aromatic N) is 3. The van der Waals surface area contributed by atoms with Gasteiger partial charge in [-0.2, -0.15) is 23.4 Å². The molecule has 0 radical (unpaired) electrons.